The molecule has 1 amide bonds. The second-order valence-corrected chi connectivity index (χ2v) is 5.63. The highest BCUT2D eigenvalue weighted by atomic mass is 35.5. The number of rotatable bonds is 5. The number of carbonyl (C=O) groups excluding carboxylic acids is 1. The van der Waals surface area contributed by atoms with Crippen LogP contribution >= 0.6 is 11.6 Å². The van der Waals surface area contributed by atoms with E-state index in [1.54, 1.807) is 7.05 Å². The summed E-state index contributed by atoms with van der Waals surface area (Å²) < 4.78 is 0. The van der Waals surface area contributed by atoms with E-state index in [2.05, 4.69) is 25.2 Å². The molecule has 2 heterocycles. The zero-order valence-corrected chi connectivity index (χ0v) is 13.4. The molecule has 0 spiro atoms. The SMILES string of the molecule is CNC(=O)C(C)CN(C)c1nc(Cl)nc(N2CCCC2)n1. The minimum atomic E-state index is -0.161. The number of nitrogens with one attached hydrogen (secondary N) is 1. The number of hydrogen-bond donors (Lipinski definition) is 1. The summed E-state index contributed by atoms with van der Waals surface area (Å²) in [6.45, 7) is 4.26. The lowest BCUT2D eigenvalue weighted by molar-refractivity contribution is -0.123. The van der Waals surface area contributed by atoms with E-state index in [9.17, 15) is 4.79 Å². The Labute approximate surface area is 129 Å². The molecule has 1 aliphatic heterocycles. The third kappa shape index (κ3) is 3.93. The van der Waals surface area contributed by atoms with Crippen molar-refractivity contribution in [2.75, 3.05) is 43.5 Å². The summed E-state index contributed by atoms with van der Waals surface area (Å²) in [5, 5.41) is 2.82. The fraction of sp³-hybridized carbons (Fsp3) is 0.692. The summed E-state index contributed by atoms with van der Waals surface area (Å²) in [7, 11) is 3.48. The molecule has 0 aliphatic carbocycles. The smallest absolute Gasteiger partial charge is 0.231 e. The van der Waals surface area contributed by atoms with Gasteiger partial charge in [0.25, 0.3) is 0 Å². The maximum absolute atomic E-state index is 11.6. The van der Waals surface area contributed by atoms with Gasteiger partial charge in [0, 0.05) is 33.7 Å². The van der Waals surface area contributed by atoms with Gasteiger partial charge < -0.3 is 15.1 Å². The lowest BCUT2D eigenvalue weighted by Crippen LogP contribution is -2.35. The maximum Gasteiger partial charge on any atom is 0.231 e. The van der Waals surface area contributed by atoms with Gasteiger partial charge in [-0.3, -0.25) is 4.79 Å². The Balaban J connectivity index is 2.13. The molecule has 0 bridgehead atoms. The molecule has 1 aromatic rings. The van der Waals surface area contributed by atoms with Gasteiger partial charge in [-0.2, -0.15) is 15.0 Å². The predicted octanol–water partition coefficient (Wildman–Crippen LogP) is 0.943. The van der Waals surface area contributed by atoms with Gasteiger partial charge in [-0.1, -0.05) is 6.92 Å². The lowest BCUT2D eigenvalue weighted by Gasteiger charge is -2.22. The number of amides is 1. The van der Waals surface area contributed by atoms with E-state index in [-0.39, 0.29) is 17.1 Å². The van der Waals surface area contributed by atoms with Gasteiger partial charge in [0.05, 0.1) is 5.92 Å². The van der Waals surface area contributed by atoms with Gasteiger partial charge in [0.2, 0.25) is 23.1 Å². The van der Waals surface area contributed by atoms with Gasteiger partial charge in [-0.25, -0.2) is 0 Å². The Kier molecular flexibility index (Phi) is 5.17. The minimum Gasteiger partial charge on any atom is -0.359 e. The molecule has 1 saturated heterocycles. The Hall–Kier alpha value is -1.63. The molecular formula is C13H21ClN6O. The molecular weight excluding hydrogens is 292 g/mol. The molecule has 21 heavy (non-hydrogen) atoms. The van der Waals surface area contributed by atoms with Crippen molar-refractivity contribution in [2.45, 2.75) is 19.8 Å². The van der Waals surface area contributed by atoms with Crippen LogP contribution in [-0.2, 0) is 4.79 Å². The molecule has 1 aromatic heterocycles. The standard InChI is InChI=1S/C13H21ClN6O/c1-9(10(21)15-2)8-19(3)12-16-11(14)17-13(18-12)20-6-4-5-7-20/h9H,4-8H2,1-3H3,(H,15,21). The zero-order chi connectivity index (χ0) is 15.4. The fourth-order valence-corrected chi connectivity index (χ4v) is 2.53. The number of anilines is 2. The average molecular weight is 313 g/mol. The Bertz CT molecular complexity index is 505. The summed E-state index contributed by atoms with van der Waals surface area (Å²) in [5.41, 5.74) is 0. The number of aromatic nitrogens is 3. The molecule has 1 atom stereocenters. The van der Waals surface area contributed by atoms with E-state index < -0.39 is 0 Å². The van der Waals surface area contributed by atoms with Crippen molar-refractivity contribution < 1.29 is 4.79 Å². The second kappa shape index (κ2) is 6.89. The summed E-state index contributed by atoms with van der Waals surface area (Å²) in [6.07, 6.45) is 2.28. The van der Waals surface area contributed by atoms with Crippen molar-refractivity contribution in [1.29, 1.82) is 0 Å². The summed E-state index contributed by atoms with van der Waals surface area (Å²) in [5.74, 6) is 0.933. The van der Waals surface area contributed by atoms with E-state index in [1.807, 2.05) is 18.9 Å². The van der Waals surface area contributed by atoms with Gasteiger partial charge in [-0.05, 0) is 24.4 Å². The molecule has 1 unspecified atom stereocenters. The number of carbonyl (C=O) groups is 1. The Morgan fingerprint density at radius 1 is 1.38 bits per heavy atom. The van der Waals surface area contributed by atoms with Gasteiger partial charge in [0.1, 0.15) is 0 Å². The summed E-state index contributed by atoms with van der Waals surface area (Å²) in [4.78, 5) is 28.3. The Morgan fingerprint density at radius 3 is 2.67 bits per heavy atom. The fourth-order valence-electron chi connectivity index (χ4n) is 2.38. The highest BCUT2D eigenvalue weighted by molar-refractivity contribution is 6.28. The van der Waals surface area contributed by atoms with Crippen molar-refractivity contribution in [3.05, 3.63) is 5.28 Å². The normalized spacial score (nSPS) is 15.9. The summed E-state index contributed by atoms with van der Waals surface area (Å²) >= 11 is 6.00. The largest absolute Gasteiger partial charge is 0.359 e. The maximum atomic E-state index is 11.6. The van der Waals surface area contributed by atoms with E-state index in [0.717, 1.165) is 25.9 Å². The van der Waals surface area contributed by atoms with Gasteiger partial charge in [-0.15, -0.1) is 0 Å². The topological polar surface area (TPSA) is 74.2 Å². The number of halogens is 1. The van der Waals surface area contributed by atoms with Crippen LogP contribution in [0.4, 0.5) is 11.9 Å². The van der Waals surface area contributed by atoms with E-state index >= 15 is 0 Å². The molecule has 2 rings (SSSR count). The quantitative estimate of drug-likeness (QED) is 0.872. The lowest BCUT2D eigenvalue weighted by atomic mass is 10.1. The van der Waals surface area contributed by atoms with Crippen LogP contribution in [0.3, 0.4) is 0 Å². The minimum absolute atomic E-state index is 0.0123. The third-order valence-electron chi connectivity index (χ3n) is 3.56. The molecule has 116 valence electrons. The number of hydrogen-bond acceptors (Lipinski definition) is 6. The molecule has 0 radical (unpaired) electrons. The number of nitrogens with zero attached hydrogens (tertiary/aromatic N) is 5. The highest BCUT2D eigenvalue weighted by Crippen LogP contribution is 2.20. The predicted molar refractivity (Wildman–Crippen MR) is 82.8 cm³/mol. The van der Waals surface area contributed by atoms with Gasteiger partial charge in [0.15, 0.2) is 0 Å². The van der Waals surface area contributed by atoms with Crippen molar-refractivity contribution >= 4 is 29.4 Å². The van der Waals surface area contributed by atoms with Crippen molar-refractivity contribution in [3.8, 4) is 0 Å². The molecule has 8 heteroatoms. The average Bonchev–Trinajstić information content (AvgIpc) is 2.99. The Morgan fingerprint density at radius 2 is 2.05 bits per heavy atom. The van der Waals surface area contributed by atoms with Gasteiger partial charge >= 0.3 is 0 Å². The second-order valence-electron chi connectivity index (χ2n) is 5.29. The highest BCUT2D eigenvalue weighted by Gasteiger charge is 2.20. The molecule has 1 fully saturated rings. The first-order valence-corrected chi connectivity index (χ1v) is 7.48. The van der Waals surface area contributed by atoms with Crippen LogP contribution in [0.15, 0.2) is 0 Å². The van der Waals surface area contributed by atoms with Crippen LogP contribution < -0.4 is 15.1 Å². The van der Waals surface area contributed by atoms with Crippen molar-refractivity contribution in [3.63, 3.8) is 0 Å². The first-order chi connectivity index (χ1) is 10.0. The van der Waals surface area contributed by atoms with E-state index in [4.69, 9.17) is 11.6 Å². The first kappa shape index (κ1) is 15.8. The van der Waals surface area contributed by atoms with E-state index in [0.29, 0.717) is 18.4 Å². The first-order valence-electron chi connectivity index (χ1n) is 7.10. The van der Waals surface area contributed by atoms with Crippen LogP contribution in [0.25, 0.3) is 0 Å². The molecule has 1 aliphatic rings. The monoisotopic (exact) mass is 312 g/mol. The zero-order valence-electron chi connectivity index (χ0n) is 12.6. The van der Waals surface area contributed by atoms with E-state index in [1.165, 1.54) is 0 Å². The third-order valence-corrected chi connectivity index (χ3v) is 3.73. The molecule has 0 saturated carbocycles. The van der Waals surface area contributed by atoms with Crippen molar-refractivity contribution in [1.82, 2.24) is 20.3 Å². The van der Waals surface area contributed by atoms with Crippen LogP contribution in [0.5, 0.6) is 0 Å². The van der Waals surface area contributed by atoms with Crippen LogP contribution in [0, 0.1) is 5.92 Å². The molecule has 1 N–H and O–H groups in total. The van der Waals surface area contributed by atoms with Crippen LogP contribution in [0.1, 0.15) is 19.8 Å². The van der Waals surface area contributed by atoms with Crippen LogP contribution in [0.2, 0.25) is 5.28 Å². The van der Waals surface area contributed by atoms with Crippen LogP contribution in [-0.4, -0.2) is 54.6 Å². The molecule has 7 nitrogen and oxygen atoms in total. The van der Waals surface area contributed by atoms with Crippen molar-refractivity contribution in [2.24, 2.45) is 5.92 Å². The molecule has 0 aromatic carbocycles. The summed E-state index contributed by atoms with van der Waals surface area (Å²) in [6, 6.07) is 0.